The maximum Gasteiger partial charge on any atom is 0.294 e. The molecule has 0 fully saturated rings. The summed E-state index contributed by atoms with van der Waals surface area (Å²) in [6.07, 6.45) is 0.727. The Hall–Kier alpha value is -2.04. The first-order valence-corrected chi connectivity index (χ1v) is 6.65. The van der Waals surface area contributed by atoms with Gasteiger partial charge in [-0.15, -0.1) is 0 Å². The van der Waals surface area contributed by atoms with E-state index in [9.17, 15) is 9.18 Å². The van der Waals surface area contributed by atoms with Crippen molar-refractivity contribution < 1.29 is 4.39 Å². The third kappa shape index (κ3) is 2.35. The minimum atomic E-state index is -0.316. The smallest absolute Gasteiger partial charge is 0.294 e. The molecule has 20 heavy (non-hydrogen) atoms. The number of hydrogen-bond donors (Lipinski definition) is 1. The predicted octanol–water partition coefficient (Wildman–Crippen LogP) is 2.40. The highest BCUT2D eigenvalue weighted by Crippen LogP contribution is 2.19. The summed E-state index contributed by atoms with van der Waals surface area (Å²) in [6.45, 7) is 5.92. The summed E-state index contributed by atoms with van der Waals surface area (Å²) in [7, 11) is 1.80. The Morgan fingerprint density at radius 1 is 1.35 bits per heavy atom. The highest BCUT2D eigenvalue weighted by atomic mass is 19.1. The van der Waals surface area contributed by atoms with Gasteiger partial charge in [0.05, 0.1) is 11.4 Å². The number of halogens is 1. The SMILES string of the molecule is Cc1cc(F)ccc1-n1c(=O)c(N)c(CC(C)C)n1C. The van der Waals surface area contributed by atoms with E-state index >= 15 is 0 Å². The topological polar surface area (TPSA) is 52.9 Å². The quantitative estimate of drug-likeness (QED) is 0.936. The number of nitrogens with zero attached hydrogens (tertiary/aromatic N) is 2. The van der Waals surface area contributed by atoms with Crippen LogP contribution in [-0.4, -0.2) is 9.36 Å². The van der Waals surface area contributed by atoms with E-state index in [1.54, 1.807) is 24.7 Å². The Labute approximate surface area is 117 Å². The Morgan fingerprint density at radius 3 is 2.55 bits per heavy atom. The number of nitrogen functional groups attached to an aromatic ring is 1. The number of hydrogen-bond acceptors (Lipinski definition) is 2. The third-order valence-electron chi connectivity index (χ3n) is 3.41. The molecular weight excluding hydrogens is 257 g/mol. The second-order valence-corrected chi connectivity index (χ2v) is 5.53. The van der Waals surface area contributed by atoms with E-state index in [2.05, 4.69) is 13.8 Å². The van der Waals surface area contributed by atoms with Crippen molar-refractivity contribution in [2.75, 3.05) is 5.73 Å². The van der Waals surface area contributed by atoms with E-state index in [-0.39, 0.29) is 17.1 Å². The first-order chi connectivity index (χ1) is 9.32. The van der Waals surface area contributed by atoms with Gasteiger partial charge in [-0.05, 0) is 43.0 Å². The van der Waals surface area contributed by atoms with Crippen LogP contribution < -0.4 is 11.3 Å². The molecule has 5 heteroatoms. The molecule has 2 N–H and O–H groups in total. The van der Waals surface area contributed by atoms with Crippen LogP contribution in [0.15, 0.2) is 23.0 Å². The van der Waals surface area contributed by atoms with Gasteiger partial charge in [0.15, 0.2) is 0 Å². The summed E-state index contributed by atoms with van der Waals surface area (Å²) in [5.74, 6) is 0.0805. The van der Waals surface area contributed by atoms with Crippen molar-refractivity contribution in [2.24, 2.45) is 13.0 Å². The van der Waals surface area contributed by atoms with Crippen molar-refractivity contribution in [3.05, 3.63) is 45.6 Å². The Bertz CT molecular complexity index is 698. The zero-order valence-corrected chi connectivity index (χ0v) is 12.3. The molecule has 2 aromatic rings. The Balaban J connectivity index is 2.66. The van der Waals surface area contributed by atoms with Crippen LogP contribution in [0.4, 0.5) is 10.1 Å². The molecule has 0 radical (unpaired) electrons. The average Bonchev–Trinajstić information content (AvgIpc) is 2.55. The molecule has 4 nitrogen and oxygen atoms in total. The van der Waals surface area contributed by atoms with Gasteiger partial charge in [0.2, 0.25) is 0 Å². The van der Waals surface area contributed by atoms with Crippen LogP contribution in [0.5, 0.6) is 0 Å². The number of rotatable bonds is 3. The van der Waals surface area contributed by atoms with Crippen molar-refractivity contribution >= 4 is 5.69 Å². The van der Waals surface area contributed by atoms with Gasteiger partial charge in [-0.2, -0.15) is 0 Å². The molecule has 0 unspecified atom stereocenters. The van der Waals surface area contributed by atoms with Crippen LogP contribution in [0.2, 0.25) is 0 Å². The number of aromatic nitrogens is 2. The first kappa shape index (κ1) is 14.4. The Kier molecular flexibility index (Phi) is 3.70. The van der Waals surface area contributed by atoms with Gasteiger partial charge in [0, 0.05) is 7.05 Å². The summed E-state index contributed by atoms with van der Waals surface area (Å²) in [4.78, 5) is 12.4. The summed E-state index contributed by atoms with van der Waals surface area (Å²) in [5, 5.41) is 0. The molecule has 0 atom stereocenters. The lowest BCUT2D eigenvalue weighted by molar-refractivity contribution is 0.561. The van der Waals surface area contributed by atoms with Gasteiger partial charge in [0.1, 0.15) is 11.5 Å². The molecule has 1 aromatic carbocycles. The van der Waals surface area contributed by atoms with Gasteiger partial charge in [0.25, 0.3) is 5.56 Å². The summed E-state index contributed by atoms with van der Waals surface area (Å²) < 4.78 is 16.5. The lowest BCUT2D eigenvalue weighted by Gasteiger charge is -2.13. The molecule has 2 rings (SSSR count). The van der Waals surface area contributed by atoms with Crippen molar-refractivity contribution in [1.29, 1.82) is 0 Å². The normalized spacial score (nSPS) is 11.3. The molecule has 0 bridgehead atoms. The molecule has 0 aliphatic heterocycles. The van der Waals surface area contributed by atoms with Crippen molar-refractivity contribution in [3.63, 3.8) is 0 Å². The van der Waals surface area contributed by atoms with Gasteiger partial charge < -0.3 is 5.73 Å². The molecule has 0 amide bonds. The average molecular weight is 277 g/mol. The minimum absolute atomic E-state index is 0.252. The van der Waals surface area contributed by atoms with Gasteiger partial charge in [-0.25, -0.2) is 9.07 Å². The zero-order chi connectivity index (χ0) is 15.0. The first-order valence-electron chi connectivity index (χ1n) is 6.65. The molecule has 1 aromatic heterocycles. The number of anilines is 1. The lowest BCUT2D eigenvalue weighted by Crippen LogP contribution is -2.21. The monoisotopic (exact) mass is 277 g/mol. The zero-order valence-electron chi connectivity index (χ0n) is 12.3. The van der Waals surface area contributed by atoms with E-state index in [0.29, 0.717) is 17.2 Å². The largest absolute Gasteiger partial charge is 0.393 e. The molecule has 0 aliphatic carbocycles. The van der Waals surface area contributed by atoms with Gasteiger partial charge in [-0.3, -0.25) is 9.48 Å². The van der Waals surface area contributed by atoms with E-state index in [0.717, 1.165) is 12.1 Å². The van der Waals surface area contributed by atoms with Crippen LogP contribution >= 0.6 is 0 Å². The second kappa shape index (κ2) is 5.15. The maximum atomic E-state index is 13.2. The summed E-state index contributed by atoms with van der Waals surface area (Å²) in [5.41, 5.74) is 8.12. The third-order valence-corrected chi connectivity index (χ3v) is 3.41. The van der Waals surface area contributed by atoms with Crippen LogP contribution in [-0.2, 0) is 13.5 Å². The molecule has 1 heterocycles. The summed E-state index contributed by atoms with van der Waals surface area (Å²) >= 11 is 0. The fraction of sp³-hybridized carbons (Fsp3) is 0.400. The predicted molar refractivity (Wildman–Crippen MR) is 78.7 cm³/mol. The lowest BCUT2D eigenvalue weighted by atomic mass is 10.1. The fourth-order valence-electron chi connectivity index (χ4n) is 2.43. The maximum absolute atomic E-state index is 13.2. The van der Waals surface area contributed by atoms with Crippen molar-refractivity contribution in [3.8, 4) is 5.69 Å². The van der Waals surface area contributed by atoms with Gasteiger partial charge in [-0.1, -0.05) is 13.8 Å². The van der Waals surface area contributed by atoms with E-state index in [1.807, 2.05) is 0 Å². The number of benzene rings is 1. The standard InChI is InChI=1S/C15H20FN3O/c1-9(2)7-13-14(17)15(20)19(18(13)4)12-6-5-11(16)8-10(12)3/h5-6,8-9H,7,17H2,1-4H3. The highest BCUT2D eigenvalue weighted by molar-refractivity contribution is 5.48. The van der Waals surface area contributed by atoms with Gasteiger partial charge >= 0.3 is 0 Å². The molecular formula is C15H20FN3O. The van der Waals surface area contributed by atoms with Crippen molar-refractivity contribution in [2.45, 2.75) is 27.2 Å². The summed E-state index contributed by atoms with van der Waals surface area (Å²) in [6, 6.07) is 4.36. The molecule has 108 valence electrons. The van der Waals surface area contributed by atoms with Crippen LogP contribution in [0.3, 0.4) is 0 Å². The number of nitrogens with two attached hydrogens (primary N) is 1. The fourth-order valence-corrected chi connectivity index (χ4v) is 2.43. The van der Waals surface area contributed by atoms with Crippen molar-refractivity contribution in [1.82, 2.24) is 9.36 Å². The number of aryl methyl sites for hydroxylation is 1. The Morgan fingerprint density at radius 2 is 2.00 bits per heavy atom. The van der Waals surface area contributed by atoms with E-state index in [4.69, 9.17) is 5.73 Å². The molecule has 0 saturated heterocycles. The minimum Gasteiger partial charge on any atom is -0.393 e. The van der Waals surface area contributed by atoms with E-state index < -0.39 is 0 Å². The van der Waals surface area contributed by atoms with Crippen LogP contribution in [0.25, 0.3) is 5.69 Å². The highest BCUT2D eigenvalue weighted by Gasteiger charge is 2.18. The van der Waals surface area contributed by atoms with E-state index in [1.165, 1.54) is 16.8 Å². The van der Waals surface area contributed by atoms with Crippen LogP contribution in [0.1, 0.15) is 25.1 Å². The molecule has 0 saturated carbocycles. The molecule has 0 aliphatic rings. The van der Waals surface area contributed by atoms with Crippen LogP contribution in [0, 0.1) is 18.7 Å². The second-order valence-electron chi connectivity index (χ2n) is 5.53. The molecule has 0 spiro atoms.